The van der Waals surface area contributed by atoms with Gasteiger partial charge in [0.1, 0.15) is 5.75 Å². The number of rotatable bonds is 2. The Balaban J connectivity index is 2.85. The number of nitrogens with zero attached hydrogens (tertiary/aromatic N) is 1. The minimum Gasteiger partial charge on any atom is -0.507 e. The summed E-state index contributed by atoms with van der Waals surface area (Å²) in [5.41, 5.74) is 0.588. The predicted molar refractivity (Wildman–Crippen MR) is 77.2 cm³/mol. The molecule has 1 aromatic rings. The summed E-state index contributed by atoms with van der Waals surface area (Å²) in [5.74, 6) is 0.0900. The van der Waals surface area contributed by atoms with Gasteiger partial charge in [-0.25, -0.2) is 0 Å². The van der Waals surface area contributed by atoms with Gasteiger partial charge in [-0.15, -0.1) is 0 Å². The zero-order valence-electron chi connectivity index (χ0n) is 10.6. The van der Waals surface area contributed by atoms with Crippen LogP contribution in [0.25, 0.3) is 0 Å². The standard InChI is InChI=1S/C13H18INO2/c1-13(2,3)8-15(4)12(17)9-5-6-10(14)11(16)7-9/h5-7,16H,8H2,1-4H3. The highest BCUT2D eigenvalue weighted by Gasteiger charge is 2.19. The van der Waals surface area contributed by atoms with Crippen molar-refractivity contribution in [3.63, 3.8) is 0 Å². The summed E-state index contributed by atoms with van der Waals surface area (Å²) in [6.45, 7) is 6.94. The third-order valence-electron chi connectivity index (χ3n) is 2.25. The van der Waals surface area contributed by atoms with E-state index in [-0.39, 0.29) is 17.1 Å². The van der Waals surface area contributed by atoms with Crippen molar-refractivity contribution in [2.75, 3.05) is 13.6 Å². The molecule has 0 fully saturated rings. The number of phenolic OH excluding ortho intramolecular Hbond substituents is 1. The molecule has 0 atom stereocenters. The quantitative estimate of drug-likeness (QED) is 0.836. The van der Waals surface area contributed by atoms with Crippen LogP contribution in [0.2, 0.25) is 0 Å². The van der Waals surface area contributed by atoms with E-state index in [4.69, 9.17) is 0 Å². The summed E-state index contributed by atoms with van der Waals surface area (Å²) >= 11 is 2.03. The molecule has 1 aromatic carbocycles. The molecule has 0 aliphatic heterocycles. The summed E-state index contributed by atoms with van der Waals surface area (Å²) in [4.78, 5) is 13.8. The van der Waals surface area contributed by atoms with Gasteiger partial charge in [-0.2, -0.15) is 0 Å². The maximum atomic E-state index is 12.1. The van der Waals surface area contributed by atoms with Gasteiger partial charge < -0.3 is 10.0 Å². The first kappa shape index (κ1) is 14.3. The van der Waals surface area contributed by atoms with Crippen LogP contribution in [0.4, 0.5) is 0 Å². The Labute approximate surface area is 116 Å². The van der Waals surface area contributed by atoms with Crippen molar-refractivity contribution in [1.82, 2.24) is 4.90 Å². The lowest BCUT2D eigenvalue weighted by molar-refractivity contribution is 0.0745. The van der Waals surface area contributed by atoms with E-state index in [9.17, 15) is 9.90 Å². The maximum Gasteiger partial charge on any atom is 0.253 e. The monoisotopic (exact) mass is 347 g/mol. The number of benzene rings is 1. The zero-order chi connectivity index (χ0) is 13.2. The molecular formula is C13H18INO2. The normalized spacial score (nSPS) is 11.4. The van der Waals surface area contributed by atoms with Gasteiger partial charge in [0, 0.05) is 19.2 Å². The summed E-state index contributed by atoms with van der Waals surface area (Å²) in [6, 6.07) is 5.00. The van der Waals surface area contributed by atoms with Gasteiger partial charge in [0.05, 0.1) is 3.57 Å². The van der Waals surface area contributed by atoms with Crippen LogP contribution < -0.4 is 0 Å². The molecule has 0 saturated heterocycles. The van der Waals surface area contributed by atoms with Crippen molar-refractivity contribution in [3.8, 4) is 5.75 Å². The molecule has 0 spiro atoms. The Morgan fingerprint density at radius 1 is 1.41 bits per heavy atom. The van der Waals surface area contributed by atoms with E-state index in [1.807, 2.05) is 22.6 Å². The molecule has 0 aliphatic rings. The molecule has 1 rings (SSSR count). The van der Waals surface area contributed by atoms with Gasteiger partial charge in [0.2, 0.25) is 0 Å². The molecule has 0 heterocycles. The fourth-order valence-corrected chi connectivity index (χ4v) is 1.98. The van der Waals surface area contributed by atoms with Crippen LogP contribution >= 0.6 is 22.6 Å². The lowest BCUT2D eigenvalue weighted by Gasteiger charge is -2.26. The van der Waals surface area contributed by atoms with E-state index in [1.165, 1.54) is 6.07 Å². The van der Waals surface area contributed by atoms with E-state index in [0.717, 1.165) is 3.57 Å². The van der Waals surface area contributed by atoms with Crippen LogP contribution in [0.3, 0.4) is 0 Å². The number of phenols is 1. The fourth-order valence-electron chi connectivity index (χ4n) is 1.65. The zero-order valence-corrected chi connectivity index (χ0v) is 12.8. The Morgan fingerprint density at radius 3 is 2.47 bits per heavy atom. The van der Waals surface area contributed by atoms with E-state index in [1.54, 1.807) is 24.1 Å². The number of carbonyl (C=O) groups is 1. The van der Waals surface area contributed by atoms with E-state index in [2.05, 4.69) is 20.8 Å². The SMILES string of the molecule is CN(CC(C)(C)C)C(=O)c1ccc(I)c(O)c1. The first-order valence-corrected chi connectivity index (χ1v) is 6.52. The van der Waals surface area contributed by atoms with Crippen LogP contribution in [0, 0.1) is 8.99 Å². The minimum absolute atomic E-state index is 0.0633. The van der Waals surface area contributed by atoms with Gasteiger partial charge in [-0.05, 0) is 46.2 Å². The third-order valence-corrected chi connectivity index (χ3v) is 3.16. The number of aromatic hydroxyl groups is 1. The van der Waals surface area contributed by atoms with E-state index in [0.29, 0.717) is 12.1 Å². The lowest BCUT2D eigenvalue weighted by atomic mass is 9.96. The molecule has 1 amide bonds. The second-order valence-corrected chi connectivity index (χ2v) is 6.55. The Hall–Kier alpha value is -0.780. The predicted octanol–water partition coefficient (Wildman–Crippen LogP) is 3.11. The van der Waals surface area contributed by atoms with Crippen LogP contribution in [0.1, 0.15) is 31.1 Å². The summed E-state index contributed by atoms with van der Waals surface area (Å²) in [6.07, 6.45) is 0. The summed E-state index contributed by atoms with van der Waals surface area (Å²) in [7, 11) is 1.78. The maximum absolute atomic E-state index is 12.1. The lowest BCUT2D eigenvalue weighted by Crippen LogP contribution is -2.34. The number of hydrogen-bond donors (Lipinski definition) is 1. The molecule has 0 radical (unpaired) electrons. The Morgan fingerprint density at radius 2 is 2.00 bits per heavy atom. The number of carbonyl (C=O) groups excluding carboxylic acids is 1. The van der Waals surface area contributed by atoms with Crippen LogP contribution in [-0.4, -0.2) is 29.5 Å². The Bertz CT molecular complexity index is 424. The molecule has 0 unspecified atom stereocenters. The average molecular weight is 347 g/mol. The number of amides is 1. The molecule has 0 bridgehead atoms. The highest BCUT2D eigenvalue weighted by atomic mass is 127. The van der Waals surface area contributed by atoms with Crippen molar-refractivity contribution in [2.45, 2.75) is 20.8 Å². The third kappa shape index (κ3) is 4.18. The highest BCUT2D eigenvalue weighted by molar-refractivity contribution is 14.1. The Kier molecular flexibility index (Phi) is 4.41. The first-order chi connectivity index (χ1) is 7.70. The topological polar surface area (TPSA) is 40.5 Å². The van der Waals surface area contributed by atoms with Crippen molar-refractivity contribution in [3.05, 3.63) is 27.3 Å². The van der Waals surface area contributed by atoms with E-state index >= 15 is 0 Å². The molecular weight excluding hydrogens is 329 g/mol. The molecule has 94 valence electrons. The van der Waals surface area contributed by atoms with Crippen molar-refractivity contribution in [1.29, 1.82) is 0 Å². The van der Waals surface area contributed by atoms with Gasteiger partial charge in [-0.3, -0.25) is 4.79 Å². The molecule has 0 aromatic heterocycles. The molecule has 1 N–H and O–H groups in total. The number of halogens is 1. The van der Waals surface area contributed by atoms with Crippen molar-refractivity contribution >= 4 is 28.5 Å². The fraction of sp³-hybridized carbons (Fsp3) is 0.462. The average Bonchev–Trinajstić information content (AvgIpc) is 2.18. The number of hydrogen-bond acceptors (Lipinski definition) is 2. The second-order valence-electron chi connectivity index (χ2n) is 5.39. The van der Waals surface area contributed by atoms with Gasteiger partial charge in [0.15, 0.2) is 0 Å². The van der Waals surface area contributed by atoms with Crippen molar-refractivity contribution in [2.24, 2.45) is 5.41 Å². The second kappa shape index (κ2) is 5.25. The van der Waals surface area contributed by atoms with Gasteiger partial charge >= 0.3 is 0 Å². The molecule has 4 heteroatoms. The van der Waals surface area contributed by atoms with Gasteiger partial charge in [-0.1, -0.05) is 20.8 Å². The molecule has 0 aliphatic carbocycles. The molecule has 0 saturated carbocycles. The summed E-state index contributed by atoms with van der Waals surface area (Å²) < 4.78 is 0.748. The summed E-state index contributed by atoms with van der Waals surface area (Å²) in [5, 5.41) is 9.59. The van der Waals surface area contributed by atoms with Crippen LogP contribution in [0.5, 0.6) is 5.75 Å². The van der Waals surface area contributed by atoms with E-state index < -0.39 is 0 Å². The smallest absolute Gasteiger partial charge is 0.253 e. The molecule has 3 nitrogen and oxygen atoms in total. The van der Waals surface area contributed by atoms with Gasteiger partial charge in [0.25, 0.3) is 5.91 Å². The van der Waals surface area contributed by atoms with Crippen molar-refractivity contribution < 1.29 is 9.90 Å². The minimum atomic E-state index is -0.0633. The highest BCUT2D eigenvalue weighted by Crippen LogP contribution is 2.22. The van der Waals surface area contributed by atoms with Crippen LogP contribution in [0.15, 0.2) is 18.2 Å². The largest absolute Gasteiger partial charge is 0.507 e. The first-order valence-electron chi connectivity index (χ1n) is 5.45. The van der Waals surface area contributed by atoms with Crippen LogP contribution in [-0.2, 0) is 0 Å². The molecule has 17 heavy (non-hydrogen) atoms.